The van der Waals surface area contributed by atoms with E-state index >= 15 is 0 Å². The molecule has 1 atom stereocenters. The minimum Gasteiger partial charge on any atom is -0.493 e. The van der Waals surface area contributed by atoms with Crippen molar-refractivity contribution < 1.29 is 19.0 Å². The molecule has 1 amide bonds. The van der Waals surface area contributed by atoms with Crippen molar-refractivity contribution >= 4 is 11.6 Å². The summed E-state index contributed by atoms with van der Waals surface area (Å²) in [5.41, 5.74) is 1.89. The van der Waals surface area contributed by atoms with Crippen molar-refractivity contribution in [3.8, 4) is 17.2 Å². The maximum absolute atomic E-state index is 12.1. The van der Waals surface area contributed by atoms with Crippen molar-refractivity contribution in [3.05, 3.63) is 48.0 Å². The Kier molecular flexibility index (Phi) is 6.69. The fourth-order valence-electron chi connectivity index (χ4n) is 2.39. The number of hydrogen-bond donors (Lipinski definition) is 1. The van der Waals surface area contributed by atoms with Crippen LogP contribution >= 0.6 is 0 Å². The van der Waals surface area contributed by atoms with Crippen LogP contribution in [0.5, 0.6) is 17.2 Å². The van der Waals surface area contributed by atoms with Gasteiger partial charge in [-0.1, -0.05) is 26.0 Å². The number of hydrogen-bond acceptors (Lipinski definition) is 4. The smallest absolute Gasteiger partial charge is 0.262 e. The molecule has 0 spiro atoms. The number of benzene rings is 2. The van der Waals surface area contributed by atoms with E-state index in [9.17, 15) is 4.79 Å². The fraction of sp³-hybridized carbons (Fsp3) is 0.350. The van der Waals surface area contributed by atoms with Crippen molar-refractivity contribution in [2.75, 3.05) is 26.1 Å². The molecule has 0 heterocycles. The molecule has 1 N–H and O–H groups in total. The van der Waals surface area contributed by atoms with Crippen LogP contribution in [-0.2, 0) is 4.79 Å². The normalized spacial score (nSPS) is 11.5. The Balaban J connectivity index is 1.90. The number of carbonyl (C=O) groups excluding carboxylic acids is 1. The Morgan fingerprint density at radius 1 is 1.04 bits per heavy atom. The average Bonchev–Trinajstić information content (AvgIpc) is 2.66. The van der Waals surface area contributed by atoms with Gasteiger partial charge in [0.15, 0.2) is 18.1 Å². The van der Waals surface area contributed by atoms with Crippen molar-refractivity contribution in [1.82, 2.24) is 0 Å². The number of rotatable bonds is 8. The molecule has 0 saturated carbocycles. The lowest BCUT2D eigenvalue weighted by Crippen LogP contribution is -2.20. The summed E-state index contributed by atoms with van der Waals surface area (Å²) in [5.74, 6) is 2.12. The van der Waals surface area contributed by atoms with Crippen molar-refractivity contribution in [2.24, 2.45) is 0 Å². The summed E-state index contributed by atoms with van der Waals surface area (Å²) in [4.78, 5) is 12.1. The van der Waals surface area contributed by atoms with Gasteiger partial charge in [0.05, 0.1) is 14.2 Å². The molecule has 0 bridgehead atoms. The highest BCUT2D eigenvalue weighted by Crippen LogP contribution is 2.29. The molecule has 0 aliphatic heterocycles. The Morgan fingerprint density at radius 3 is 2.32 bits per heavy atom. The largest absolute Gasteiger partial charge is 0.493 e. The van der Waals surface area contributed by atoms with Crippen LogP contribution in [0.1, 0.15) is 31.7 Å². The first-order valence-electron chi connectivity index (χ1n) is 8.32. The minimum absolute atomic E-state index is 0.0585. The first-order valence-corrected chi connectivity index (χ1v) is 8.32. The summed E-state index contributed by atoms with van der Waals surface area (Å²) in [5, 5.41) is 2.78. The van der Waals surface area contributed by atoms with Gasteiger partial charge >= 0.3 is 0 Å². The second-order valence-electron chi connectivity index (χ2n) is 5.78. The molecular formula is C20H25NO4. The van der Waals surface area contributed by atoms with Gasteiger partial charge in [-0.3, -0.25) is 4.79 Å². The van der Waals surface area contributed by atoms with E-state index in [0.717, 1.165) is 6.42 Å². The zero-order chi connectivity index (χ0) is 18.2. The van der Waals surface area contributed by atoms with Gasteiger partial charge in [0, 0.05) is 11.8 Å². The summed E-state index contributed by atoms with van der Waals surface area (Å²) in [7, 11) is 3.12. The molecule has 0 aliphatic rings. The van der Waals surface area contributed by atoms with Crippen LogP contribution in [-0.4, -0.2) is 26.7 Å². The molecule has 5 heteroatoms. The number of nitrogens with one attached hydrogen (secondary N) is 1. The van der Waals surface area contributed by atoms with Crippen LogP contribution < -0.4 is 19.5 Å². The number of anilines is 1. The zero-order valence-corrected chi connectivity index (χ0v) is 15.2. The van der Waals surface area contributed by atoms with Crippen molar-refractivity contribution in [2.45, 2.75) is 26.2 Å². The maximum atomic E-state index is 12.1. The third-order valence-electron chi connectivity index (χ3n) is 4.10. The van der Waals surface area contributed by atoms with E-state index < -0.39 is 0 Å². The standard InChI is InChI=1S/C20H25NO4/c1-5-14(2)15-6-9-17(10-7-15)25-13-20(22)21-16-8-11-18(23-3)19(12-16)24-4/h6-12,14H,5,13H2,1-4H3,(H,21,22)/t14-/m0/s1. The zero-order valence-electron chi connectivity index (χ0n) is 15.2. The lowest BCUT2D eigenvalue weighted by atomic mass is 9.99. The molecule has 2 rings (SSSR count). The van der Waals surface area contributed by atoms with Gasteiger partial charge in [-0.25, -0.2) is 0 Å². The molecule has 25 heavy (non-hydrogen) atoms. The highest BCUT2D eigenvalue weighted by molar-refractivity contribution is 5.92. The predicted octanol–water partition coefficient (Wildman–Crippen LogP) is 4.23. The summed E-state index contributed by atoms with van der Waals surface area (Å²) in [6.45, 7) is 4.29. The SMILES string of the molecule is CC[C@H](C)c1ccc(OCC(=O)Nc2ccc(OC)c(OC)c2)cc1. The second-order valence-corrected chi connectivity index (χ2v) is 5.78. The maximum Gasteiger partial charge on any atom is 0.262 e. The second kappa shape index (κ2) is 8.97. The average molecular weight is 343 g/mol. The van der Waals surface area contributed by atoms with Gasteiger partial charge in [0.25, 0.3) is 5.91 Å². The molecule has 2 aromatic rings. The number of methoxy groups -OCH3 is 2. The van der Waals surface area contributed by atoms with Crippen LogP contribution in [0.2, 0.25) is 0 Å². The highest BCUT2D eigenvalue weighted by atomic mass is 16.5. The molecule has 0 aliphatic carbocycles. The molecule has 0 unspecified atom stereocenters. The molecule has 134 valence electrons. The molecule has 0 saturated heterocycles. The van der Waals surface area contributed by atoms with Crippen molar-refractivity contribution in [1.29, 1.82) is 0 Å². The lowest BCUT2D eigenvalue weighted by molar-refractivity contribution is -0.118. The quantitative estimate of drug-likeness (QED) is 0.779. The Labute approximate surface area is 148 Å². The predicted molar refractivity (Wildman–Crippen MR) is 98.8 cm³/mol. The van der Waals surface area contributed by atoms with E-state index in [1.54, 1.807) is 32.4 Å². The Hall–Kier alpha value is -2.69. The molecule has 0 aromatic heterocycles. The fourth-order valence-corrected chi connectivity index (χ4v) is 2.39. The number of carbonyl (C=O) groups is 1. The van der Waals surface area contributed by atoms with Crippen LogP contribution in [0.25, 0.3) is 0 Å². The van der Waals surface area contributed by atoms with Gasteiger partial charge in [-0.05, 0) is 42.2 Å². The molecule has 5 nitrogen and oxygen atoms in total. The first-order chi connectivity index (χ1) is 12.1. The summed E-state index contributed by atoms with van der Waals surface area (Å²) in [6.07, 6.45) is 1.09. The highest BCUT2D eigenvalue weighted by Gasteiger charge is 2.09. The van der Waals surface area contributed by atoms with E-state index in [-0.39, 0.29) is 12.5 Å². The molecule has 2 aromatic carbocycles. The van der Waals surface area contributed by atoms with Crippen LogP contribution in [0.3, 0.4) is 0 Å². The minimum atomic E-state index is -0.238. The van der Waals surface area contributed by atoms with Gasteiger partial charge in [0.2, 0.25) is 0 Å². The van der Waals surface area contributed by atoms with Gasteiger partial charge in [-0.2, -0.15) is 0 Å². The molecule has 0 fully saturated rings. The van der Waals surface area contributed by atoms with E-state index in [4.69, 9.17) is 14.2 Å². The summed E-state index contributed by atoms with van der Waals surface area (Å²) >= 11 is 0. The monoisotopic (exact) mass is 343 g/mol. The van der Waals surface area contributed by atoms with Gasteiger partial charge < -0.3 is 19.5 Å². The van der Waals surface area contributed by atoms with E-state index in [1.165, 1.54) is 5.56 Å². The molecular weight excluding hydrogens is 318 g/mol. The van der Waals surface area contributed by atoms with E-state index in [1.807, 2.05) is 24.3 Å². The Morgan fingerprint density at radius 2 is 1.72 bits per heavy atom. The third kappa shape index (κ3) is 5.14. The summed E-state index contributed by atoms with van der Waals surface area (Å²) in [6, 6.07) is 13.1. The van der Waals surface area contributed by atoms with Gasteiger partial charge in [0.1, 0.15) is 5.75 Å². The lowest BCUT2D eigenvalue weighted by Gasteiger charge is -2.12. The Bertz CT molecular complexity index is 697. The summed E-state index contributed by atoms with van der Waals surface area (Å²) < 4.78 is 15.9. The van der Waals surface area contributed by atoms with E-state index in [2.05, 4.69) is 19.2 Å². The first kappa shape index (κ1) is 18.6. The molecule has 0 radical (unpaired) electrons. The van der Waals surface area contributed by atoms with Crippen LogP contribution in [0.15, 0.2) is 42.5 Å². The number of ether oxygens (including phenoxy) is 3. The number of amides is 1. The third-order valence-corrected chi connectivity index (χ3v) is 4.10. The van der Waals surface area contributed by atoms with Crippen molar-refractivity contribution in [3.63, 3.8) is 0 Å². The van der Waals surface area contributed by atoms with E-state index in [0.29, 0.717) is 28.9 Å². The van der Waals surface area contributed by atoms with Crippen LogP contribution in [0.4, 0.5) is 5.69 Å². The topological polar surface area (TPSA) is 56.8 Å². The van der Waals surface area contributed by atoms with Crippen LogP contribution in [0, 0.1) is 0 Å². The van der Waals surface area contributed by atoms with Gasteiger partial charge in [-0.15, -0.1) is 0 Å².